The summed E-state index contributed by atoms with van der Waals surface area (Å²) in [6, 6.07) is 13.3. The van der Waals surface area contributed by atoms with E-state index in [9.17, 15) is 14.4 Å². The molecule has 4 amide bonds. The van der Waals surface area contributed by atoms with Crippen LogP contribution >= 0.6 is 0 Å². The fourth-order valence-corrected chi connectivity index (χ4v) is 4.94. The largest absolute Gasteiger partial charge is 0.325 e. The Labute approximate surface area is 169 Å². The predicted molar refractivity (Wildman–Crippen MR) is 109 cm³/mol. The minimum absolute atomic E-state index is 0.221. The molecule has 1 N–H and O–H groups in total. The number of rotatable bonds is 2. The smallest absolute Gasteiger partial charge is 0.319 e. The molecule has 0 saturated carbocycles. The zero-order chi connectivity index (χ0) is 20.2. The highest BCUT2D eigenvalue weighted by molar-refractivity contribution is 6.11. The average molecular weight is 389 g/mol. The molecule has 0 bridgehead atoms. The first-order valence-electron chi connectivity index (χ1n) is 10.1. The third kappa shape index (κ3) is 2.66. The molecule has 1 spiro atoms. The van der Waals surface area contributed by atoms with E-state index in [-0.39, 0.29) is 18.4 Å². The zero-order valence-corrected chi connectivity index (χ0v) is 16.4. The van der Waals surface area contributed by atoms with Crippen LogP contribution in [-0.4, -0.2) is 35.8 Å². The number of benzene rings is 2. The summed E-state index contributed by atoms with van der Waals surface area (Å²) in [6.45, 7) is 2.40. The van der Waals surface area contributed by atoms with Gasteiger partial charge in [0.1, 0.15) is 12.1 Å². The van der Waals surface area contributed by atoms with E-state index in [2.05, 4.69) is 11.4 Å². The van der Waals surface area contributed by atoms with E-state index in [0.29, 0.717) is 13.0 Å². The number of carbonyl (C=O) groups is 3. The third-order valence-electron chi connectivity index (χ3n) is 6.37. The van der Waals surface area contributed by atoms with Crippen molar-refractivity contribution in [3.63, 3.8) is 0 Å². The van der Waals surface area contributed by atoms with E-state index >= 15 is 0 Å². The van der Waals surface area contributed by atoms with Crippen molar-refractivity contribution in [1.29, 1.82) is 0 Å². The number of aryl methyl sites for hydroxylation is 3. The minimum atomic E-state index is -1.02. The first-order chi connectivity index (χ1) is 14.0. The molecule has 1 aliphatic carbocycles. The van der Waals surface area contributed by atoms with Crippen molar-refractivity contribution in [2.75, 3.05) is 18.0 Å². The number of urea groups is 1. The number of carbonyl (C=O) groups excluding carboxylic acids is 3. The Hall–Kier alpha value is -3.15. The highest BCUT2D eigenvalue weighted by atomic mass is 16.2. The second-order valence-corrected chi connectivity index (χ2v) is 8.17. The summed E-state index contributed by atoms with van der Waals surface area (Å²) in [4.78, 5) is 41.9. The number of hydrogen-bond acceptors (Lipinski definition) is 3. The average Bonchev–Trinajstić information content (AvgIpc) is 3.20. The van der Waals surface area contributed by atoms with Gasteiger partial charge in [0.05, 0.1) is 0 Å². The van der Waals surface area contributed by atoms with E-state index in [4.69, 9.17) is 0 Å². The molecule has 3 aliphatic rings. The SMILES string of the molecule is Cc1ccc2c(c1)CCCN2C(=O)CN1C(=O)N[C@@]2(CCc3ccccc32)C1=O. The molecule has 6 heteroatoms. The minimum Gasteiger partial charge on any atom is -0.319 e. The Morgan fingerprint density at radius 3 is 2.79 bits per heavy atom. The molecule has 0 unspecified atom stereocenters. The van der Waals surface area contributed by atoms with Crippen LogP contribution < -0.4 is 10.2 Å². The Kier molecular flexibility index (Phi) is 3.98. The van der Waals surface area contributed by atoms with Crippen LogP contribution in [0, 0.1) is 6.92 Å². The molecule has 1 fully saturated rings. The van der Waals surface area contributed by atoms with Crippen LogP contribution in [0.4, 0.5) is 10.5 Å². The standard InChI is InChI=1S/C23H23N3O3/c1-15-8-9-19-17(13-15)6-4-12-25(19)20(27)14-26-21(28)23(24-22(26)29)11-10-16-5-2-3-7-18(16)23/h2-3,5,7-9,13H,4,6,10-12,14H2,1H3,(H,24,29)/t23-/m1/s1. The number of fused-ring (bicyclic) bond motifs is 3. The summed E-state index contributed by atoms with van der Waals surface area (Å²) in [5, 5.41) is 2.89. The van der Waals surface area contributed by atoms with Gasteiger partial charge < -0.3 is 10.2 Å². The summed E-state index contributed by atoms with van der Waals surface area (Å²) in [5.74, 6) is -0.538. The first-order valence-corrected chi connectivity index (χ1v) is 10.1. The molecule has 2 heterocycles. The molecular weight excluding hydrogens is 366 g/mol. The van der Waals surface area contributed by atoms with Crippen molar-refractivity contribution in [3.05, 3.63) is 64.7 Å². The molecule has 2 aromatic carbocycles. The van der Waals surface area contributed by atoms with Crippen molar-refractivity contribution >= 4 is 23.5 Å². The van der Waals surface area contributed by atoms with Crippen LogP contribution in [0.2, 0.25) is 0 Å². The third-order valence-corrected chi connectivity index (χ3v) is 6.37. The topological polar surface area (TPSA) is 69.7 Å². The molecule has 6 nitrogen and oxygen atoms in total. The zero-order valence-electron chi connectivity index (χ0n) is 16.4. The van der Waals surface area contributed by atoms with Gasteiger partial charge in [-0.2, -0.15) is 0 Å². The molecule has 1 saturated heterocycles. The van der Waals surface area contributed by atoms with E-state index < -0.39 is 11.6 Å². The number of hydrogen-bond donors (Lipinski definition) is 1. The summed E-state index contributed by atoms with van der Waals surface area (Å²) >= 11 is 0. The molecule has 29 heavy (non-hydrogen) atoms. The lowest BCUT2D eigenvalue weighted by molar-refractivity contribution is -0.134. The number of amides is 4. The van der Waals surface area contributed by atoms with Gasteiger partial charge in [-0.05, 0) is 55.4 Å². The van der Waals surface area contributed by atoms with Crippen molar-refractivity contribution in [2.24, 2.45) is 0 Å². The molecule has 2 aromatic rings. The summed E-state index contributed by atoms with van der Waals surface area (Å²) < 4.78 is 0. The number of nitrogens with one attached hydrogen (secondary N) is 1. The van der Waals surface area contributed by atoms with Gasteiger partial charge in [-0.3, -0.25) is 14.5 Å². The van der Waals surface area contributed by atoms with E-state index in [0.717, 1.165) is 52.1 Å². The van der Waals surface area contributed by atoms with E-state index in [1.165, 1.54) is 0 Å². The van der Waals surface area contributed by atoms with Crippen molar-refractivity contribution in [2.45, 2.75) is 38.1 Å². The lowest BCUT2D eigenvalue weighted by Gasteiger charge is -2.31. The predicted octanol–water partition coefficient (Wildman–Crippen LogP) is 2.67. The summed E-state index contributed by atoms with van der Waals surface area (Å²) in [5.41, 5.74) is 4.10. The second kappa shape index (κ2) is 6.44. The van der Waals surface area contributed by atoms with Crippen LogP contribution in [0.5, 0.6) is 0 Å². The molecular formula is C23H23N3O3. The Bertz CT molecular complexity index is 1050. The second-order valence-electron chi connectivity index (χ2n) is 8.17. The molecule has 0 radical (unpaired) electrons. The summed E-state index contributed by atoms with van der Waals surface area (Å²) in [6.07, 6.45) is 3.08. The van der Waals surface area contributed by atoms with Gasteiger partial charge in [0.15, 0.2) is 0 Å². The van der Waals surface area contributed by atoms with Gasteiger partial charge in [-0.15, -0.1) is 0 Å². The van der Waals surface area contributed by atoms with E-state index in [1.807, 2.05) is 43.3 Å². The maximum absolute atomic E-state index is 13.3. The van der Waals surface area contributed by atoms with Crippen molar-refractivity contribution < 1.29 is 14.4 Å². The quantitative estimate of drug-likeness (QED) is 0.803. The Balaban J connectivity index is 1.40. The molecule has 5 rings (SSSR count). The normalized spacial score (nSPS) is 22.7. The summed E-state index contributed by atoms with van der Waals surface area (Å²) in [7, 11) is 0. The van der Waals surface area contributed by atoms with Crippen LogP contribution in [0.25, 0.3) is 0 Å². The van der Waals surface area contributed by atoms with Crippen LogP contribution in [-0.2, 0) is 28.0 Å². The first kappa shape index (κ1) is 17.9. The highest BCUT2D eigenvalue weighted by Gasteiger charge is 2.55. The number of nitrogens with zero attached hydrogens (tertiary/aromatic N) is 2. The van der Waals surface area contributed by atoms with Gasteiger partial charge in [0.25, 0.3) is 5.91 Å². The number of imide groups is 1. The van der Waals surface area contributed by atoms with Gasteiger partial charge in [0.2, 0.25) is 5.91 Å². The molecule has 2 aliphatic heterocycles. The maximum Gasteiger partial charge on any atom is 0.325 e. The van der Waals surface area contributed by atoms with Gasteiger partial charge in [-0.25, -0.2) is 4.79 Å². The monoisotopic (exact) mass is 389 g/mol. The van der Waals surface area contributed by atoms with Gasteiger partial charge in [-0.1, -0.05) is 42.0 Å². The molecule has 0 aromatic heterocycles. The highest BCUT2D eigenvalue weighted by Crippen LogP contribution is 2.41. The Morgan fingerprint density at radius 1 is 1.10 bits per heavy atom. The number of anilines is 1. The van der Waals surface area contributed by atoms with Crippen molar-refractivity contribution in [3.8, 4) is 0 Å². The fraction of sp³-hybridized carbons (Fsp3) is 0.348. The lowest BCUT2D eigenvalue weighted by atomic mass is 9.92. The molecule has 148 valence electrons. The van der Waals surface area contributed by atoms with E-state index in [1.54, 1.807) is 4.90 Å². The lowest BCUT2D eigenvalue weighted by Crippen LogP contribution is -2.46. The van der Waals surface area contributed by atoms with Gasteiger partial charge >= 0.3 is 6.03 Å². The van der Waals surface area contributed by atoms with Crippen LogP contribution in [0.3, 0.4) is 0 Å². The van der Waals surface area contributed by atoms with Crippen LogP contribution in [0.1, 0.15) is 35.1 Å². The molecule has 1 atom stereocenters. The van der Waals surface area contributed by atoms with Crippen LogP contribution in [0.15, 0.2) is 42.5 Å². The maximum atomic E-state index is 13.3. The van der Waals surface area contributed by atoms with Gasteiger partial charge in [0, 0.05) is 12.2 Å². The fourth-order valence-electron chi connectivity index (χ4n) is 4.94. The Morgan fingerprint density at radius 2 is 1.93 bits per heavy atom. The van der Waals surface area contributed by atoms with Crippen molar-refractivity contribution in [1.82, 2.24) is 10.2 Å².